The van der Waals surface area contributed by atoms with Crippen molar-refractivity contribution in [2.75, 3.05) is 31.7 Å². The Kier molecular flexibility index (Phi) is 5.76. The van der Waals surface area contributed by atoms with E-state index in [0.717, 1.165) is 16.3 Å². The van der Waals surface area contributed by atoms with Crippen LogP contribution in [0.3, 0.4) is 0 Å². The van der Waals surface area contributed by atoms with Gasteiger partial charge in [0.05, 0.1) is 4.88 Å². The van der Waals surface area contributed by atoms with Crippen LogP contribution in [0.4, 0.5) is 13.8 Å². The third-order valence-electron chi connectivity index (χ3n) is 8.15. The van der Waals surface area contributed by atoms with Crippen molar-refractivity contribution in [3.05, 3.63) is 49.7 Å². The Morgan fingerprint density at radius 3 is 2.58 bits per heavy atom. The van der Waals surface area contributed by atoms with E-state index in [1.807, 2.05) is 18.0 Å². The average molecular weight is 545 g/mol. The van der Waals surface area contributed by atoms with Crippen LogP contribution < -0.4 is 21.5 Å². The zero-order valence-electron chi connectivity index (χ0n) is 21.4. The minimum atomic E-state index is -2.79. The fraction of sp³-hybridized carbons (Fsp3) is 0.538. The number of rotatable bonds is 4. The van der Waals surface area contributed by atoms with E-state index in [9.17, 15) is 23.2 Å². The van der Waals surface area contributed by atoms with Gasteiger partial charge in [-0.05, 0) is 50.3 Å². The molecule has 0 bridgehead atoms. The fourth-order valence-electron chi connectivity index (χ4n) is 6.00. The summed E-state index contributed by atoms with van der Waals surface area (Å²) in [7, 11) is 1.93. The minimum Gasteiger partial charge on any atom is -0.347 e. The lowest BCUT2D eigenvalue weighted by atomic mass is 9.86. The Balaban J connectivity index is 1.27. The molecule has 6 rings (SSSR count). The van der Waals surface area contributed by atoms with E-state index < -0.39 is 11.6 Å². The van der Waals surface area contributed by atoms with Gasteiger partial charge in [0, 0.05) is 55.9 Å². The Bertz CT molecular complexity index is 1430. The van der Waals surface area contributed by atoms with Gasteiger partial charge in [-0.3, -0.25) is 23.9 Å². The number of carbonyl (C=O) groups excluding carboxylic acids is 2. The van der Waals surface area contributed by atoms with Gasteiger partial charge in [0.25, 0.3) is 17.4 Å². The number of nitrogens with one attached hydrogen (secondary N) is 1. The van der Waals surface area contributed by atoms with Gasteiger partial charge in [-0.2, -0.15) is 0 Å². The molecule has 0 unspecified atom stereocenters. The van der Waals surface area contributed by atoms with E-state index >= 15 is 0 Å². The zero-order chi connectivity index (χ0) is 27.0. The van der Waals surface area contributed by atoms with Gasteiger partial charge in [0.2, 0.25) is 5.92 Å². The predicted octanol–water partition coefficient (Wildman–Crippen LogP) is 2.44. The molecule has 2 fully saturated rings. The summed E-state index contributed by atoms with van der Waals surface area (Å²) in [5.74, 6) is -3.22. The van der Waals surface area contributed by atoms with Gasteiger partial charge >= 0.3 is 0 Å². The first-order valence-electron chi connectivity index (χ1n) is 12.9. The predicted molar refractivity (Wildman–Crippen MR) is 141 cm³/mol. The highest BCUT2D eigenvalue weighted by Crippen LogP contribution is 2.43. The van der Waals surface area contributed by atoms with E-state index in [4.69, 9.17) is 10.7 Å². The number of halogens is 2. The molecule has 2 aromatic rings. The van der Waals surface area contributed by atoms with Crippen LogP contribution >= 0.6 is 11.3 Å². The highest BCUT2D eigenvalue weighted by molar-refractivity contribution is 7.18. The molecule has 3 aliphatic heterocycles. The van der Waals surface area contributed by atoms with E-state index in [1.54, 1.807) is 17.9 Å². The lowest BCUT2D eigenvalue weighted by Crippen LogP contribution is -2.57. The number of thiophene rings is 1. The van der Waals surface area contributed by atoms with Crippen LogP contribution in [0.5, 0.6) is 0 Å². The van der Waals surface area contributed by atoms with Gasteiger partial charge in [-0.15, -0.1) is 11.3 Å². The molecular formula is C26H30F2N6O3S. The maximum Gasteiger partial charge on any atom is 0.270 e. The quantitative estimate of drug-likeness (QED) is 0.614. The largest absolute Gasteiger partial charge is 0.347 e. The Hall–Kier alpha value is -3.12. The van der Waals surface area contributed by atoms with Crippen molar-refractivity contribution in [1.82, 2.24) is 14.8 Å². The molecule has 1 spiro atoms. The third-order valence-corrected chi connectivity index (χ3v) is 9.38. The summed E-state index contributed by atoms with van der Waals surface area (Å²) in [6.45, 7) is 3.32. The lowest BCUT2D eigenvalue weighted by Gasteiger charge is -2.38. The second-order valence-electron chi connectivity index (χ2n) is 10.9. The van der Waals surface area contributed by atoms with Gasteiger partial charge < -0.3 is 20.9 Å². The molecule has 1 aliphatic carbocycles. The fourth-order valence-corrected chi connectivity index (χ4v) is 7.11. The van der Waals surface area contributed by atoms with Crippen LogP contribution in [0.25, 0.3) is 0 Å². The molecule has 38 heavy (non-hydrogen) atoms. The van der Waals surface area contributed by atoms with Gasteiger partial charge in [-0.25, -0.2) is 8.78 Å². The standard InChI is InChI=1S/C26H30F2N6O3S/c1-14-9-15(22(36)34-20(14)21(35)31-26(34)7-5-25(27,28)6-8-26)3-4-18-17-10-19(23(37)33-11-16(29)12-33)38-24(17)32(2)13-30-18/h9-10,16H,3-8,11-13,29H2,1-2H3,(H,31,35). The smallest absolute Gasteiger partial charge is 0.270 e. The number of aryl methyl sites for hydroxylation is 2. The normalized spacial score (nSPS) is 21.6. The zero-order valence-corrected chi connectivity index (χ0v) is 22.2. The third kappa shape index (κ3) is 3.96. The van der Waals surface area contributed by atoms with Crippen LogP contribution in [-0.2, 0) is 12.1 Å². The lowest BCUT2D eigenvalue weighted by molar-refractivity contribution is -0.0668. The molecule has 1 saturated heterocycles. The molecule has 202 valence electrons. The molecule has 0 radical (unpaired) electrons. The SMILES string of the molecule is Cc1cc(CCC2=NCN(C)c3sc(C(=O)N4CC(N)C4)cc32)c(=O)n2c1C(=O)NC21CCC(F)(F)CC1. The van der Waals surface area contributed by atoms with E-state index in [0.29, 0.717) is 48.6 Å². The highest BCUT2D eigenvalue weighted by Gasteiger charge is 2.51. The van der Waals surface area contributed by atoms with Gasteiger partial charge in [0.1, 0.15) is 23.0 Å². The summed E-state index contributed by atoms with van der Waals surface area (Å²) in [5.41, 5.74) is 7.54. The molecule has 3 N–H and O–H groups in total. The van der Waals surface area contributed by atoms with Crippen molar-refractivity contribution in [2.45, 2.75) is 63.1 Å². The molecule has 4 aliphatic rings. The van der Waals surface area contributed by atoms with Crippen LogP contribution in [0, 0.1) is 6.92 Å². The van der Waals surface area contributed by atoms with E-state index in [1.165, 1.54) is 15.9 Å². The second kappa shape index (κ2) is 8.70. The molecule has 2 amide bonds. The van der Waals surface area contributed by atoms with Gasteiger partial charge in [-0.1, -0.05) is 0 Å². The summed E-state index contributed by atoms with van der Waals surface area (Å²) in [5, 5.41) is 3.82. The number of hydrogen-bond donors (Lipinski definition) is 2. The summed E-state index contributed by atoms with van der Waals surface area (Å²) in [6, 6.07) is 3.63. The minimum absolute atomic E-state index is 0.0115. The number of fused-ring (bicyclic) bond motifs is 3. The maximum atomic E-state index is 13.9. The number of carbonyl (C=O) groups is 2. The molecule has 5 heterocycles. The Morgan fingerprint density at radius 1 is 1.18 bits per heavy atom. The molecule has 0 aromatic carbocycles. The summed E-state index contributed by atoms with van der Waals surface area (Å²) < 4.78 is 29.3. The van der Waals surface area contributed by atoms with Crippen LogP contribution in [0.2, 0.25) is 0 Å². The molecule has 9 nitrogen and oxygen atoms in total. The van der Waals surface area contributed by atoms with E-state index in [-0.39, 0.29) is 54.8 Å². The van der Waals surface area contributed by atoms with Crippen molar-refractivity contribution in [3.63, 3.8) is 0 Å². The number of pyridine rings is 1. The monoisotopic (exact) mass is 544 g/mol. The first kappa shape index (κ1) is 25.2. The summed E-state index contributed by atoms with van der Waals surface area (Å²) in [6.07, 6.45) is 0.119. The number of anilines is 1. The molecular weight excluding hydrogens is 514 g/mol. The number of likely N-dealkylation sites (tertiary alicyclic amines) is 1. The van der Waals surface area contributed by atoms with Crippen molar-refractivity contribution in [1.29, 1.82) is 0 Å². The molecule has 1 saturated carbocycles. The van der Waals surface area contributed by atoms with Crippen molar-refractivity contribution in [3.8, 4) is 0 Å². The molecule has 12 heteroatoms. The van der Waals surface area contributed by atoms with Crippen molar-refractivity contribution in [2.24, 2.45) is 10.7 Å². The number of amides is 2. The van der Waals surface area contributed by atoms with Crippen molar-refractivity contribution < 1.29 is 18.4 Å². The second-order valence-corrected chi connectivity index (χ2v) is 12.0. The number of alkyl halides is 2. The first-order valence-corrected chi connectivity index (χ1v) is 13.7. The highest BCUT2D eigenvalue weighted by atomic mass is 32.1. The average Bonchev–Trinajstić information content (AvgIpc) is 3.42. The molecule has 0 atom stereocenters. The number of aliphatic imine (C=N–C) groups is 1. The number of nitrogens with zero attached hydrogens (tertiary/aromatic N) is 4. The van der Waals surface area contributed by atoms with Crippen LogP contribution in [0.1, 0.15) is 69.0 Å². The van der Waals surface area contributed by atoms with Crippen LogP contribution in [-0.4, -0.2) is 65.8 Å². The number of nitrogens with two attached hydrogens (primary N) is 1. The number of hydrogen-bond acceptors (Lipinski definition) is 7. The number of aromatic nitrogens is 1. The van der Waals surface area contributed by atoms with Crippen molar-refractivity contribution >= 4 is 33.9 Å². The molecule has 2 aromatic heterocycles. The van der Waals surface area contributed by atoms with Crippen LogP contribution in [0.15, 0.2) is 21.9 Å². The Labute approximate surface area is 222 Å². The van der Waals surface area contributed by atoms with E-state index in [2.05, 4.69) is 5.32 Å². The topological polar surface area (TPSA) is 113 Å². The maximum absolute atomic E-state index is 13.9. The summed E-state index contributed by atoms with van der Waals surface area (Å²) >= 11 is 1.43. The van der Waals surface area contributed by atoms with Gasteiger partial charge in [0.15, 0.2) is 0 Å². The Morgan fingerprint density at radius 2 is 1.89 bits per heavy atom. The first-order chi connectivity index (χ1) is 18.0. The summed E-state index contributed by atoms with van der Waals surface area (Å²) in [4.78, 5) is 48.4.